The number of benzene rings is 1. The van der Waals surface area contributed by atoms with E-state index in [4.69, 9.17) is 22.1 Å². The van der Waals surface area contributed by atoms with Gasteiger partial charge in [-0.15, -0.1) is 0 Å². The van der Waals surface area contributed by atoms with Gasteiger partial charge in [0.05, 0.1) is 5.69 Å². The van der Waals surface area contributed by atoms with Crippen molar-refractivity contribution in [3.05, 3.63) is 52.7 Å². The van der Waals surface area contributed by atoms with Crippen LogP contribution in [0.25, 0.3) is 11.3 Å². The van der Waals surface area contributed by atoms with Gasteiger partial charge in [0.25, 0.3) is 0 Å². The monoisotopic (exact) mass is 332 g/mol. The van der Waals surface area contributed by atoms with Gasteiger partial charge in [0, 0.05) is 35.6 Å². The van der Waals surface area contributed by atoms with Crippen LogP contribution in [0.4, 0.5) is 0 Å². The van der Waals surface area contributed by atoms with Crippen molar-refractivity contribution in [3.8, 4) is 11.3 Å². The average Bonchev–Trinajstić information content (AvgIpc) is 2.54. The van der Waals surface area contributed by atoms with Gasteiger partial charge in [-0.3, -0.25) is 9.78 Å². The van der Waals surface area contributed by atoms with Crippen molar-refractivity contribution >= 4 is 17.5 Å². The molecule has 0 aliphatic rings. The highest BCUT2D eigenvalue weighted by atomic mass is 35.5. The van der Waals surface area contributed by atoms with Crippen LogP contribution in [-0.2, 0) is 11.2 Å². The van der Waals surface area contributed by atoms with E-state index in [1.54, 1.807) is 24.4 Å². The molecule has 0 saturated heterocycles. The third kappa shape index (κ3) is 5.05. The van der Waals surface area contributed by atoms with Gasteiger partial charge in [0.2, 0.25) is 5.91 Å². The van der Waals surface area contributed by atoms with Gasteiger partial charge in [0.15, 0.2) is 0 Å². The van der Waals surface area contributed by atoms with Crippen molar-refractivity contribution in [2.45, 2.75) is 26.2 Å². The number of pyridine rings is 1. The first-order valence-corrected chi connectivity index (χ1v) is 8.12. The van der Waals surface area contributed by atoms with E-state index in [2.05, 4.69) is 11.9 Å². The molecule has 0 saturated carbocycles. The van der Waals surface area contributed by atoms with E-state index in [0.717, 1.165) is 49.3 Å². The van der Waals surface area contributed by atoms with Crippen LogP contribution in [0.5, 0.6) is 0 Å². The van der Waals surface area contributed by atoms with Crippen molar-refractivity contribution in [2.75, 3.05) is 13.2 Å². The molecule has 0 radical (unpaired) electrons. The highest BCUT2D eigenvalue weighted by molar-refractivity contribution is 6.31. The summed E-state index contributed by atoms with van der Waals surface area (Å²) in [4.78, 5) is 15.9. The number of aryl methyl sites for hydroxylation is 1. The van der Waals surface area contributed by atoms with Gasteiger partial charge in [-0.25, -0.2) is 0 Å². The molecule has 0 spiro atoms. The molecule has 122 valence electrons. The number of primary amides is 1. The number of halogens is 1. The second kappa shape index (κ2) is 8.65. The lowest BCUT2D eigenvalue weighted by molar-refractivity contribution is 0.100. The summed E-state index contributed by atoms with van der Waals surface area (Å²) in [5.41, 5.74) is 8.48. The normalized spacial score (nSPS) is 10.7. The summed E-state index contributed by atoms with van der Waals surface area (Å²) in [6.07, 6.45) is 4.53. The zero-order chi connectivity index (χ0) is 16.7. The lowest BCUT2D eigenvalue weighted by Gasteiger charge is -2.10. The number of hydrogen-bond acceptors (Lipinski definition) is 3. The Labute approximate surface area is 141 Å². The molecule has 0 aliphatic heterocycles. The topological polar surface area (TPSA) is 65.2 Å². The van der Waals surface area contributed by atoms with Gasteiger partial charge >= 0.3 is 0 Å². The van der Waals surface area contributed by atoms with Gasteiger partial charge in [-0.2, -0.15) is 0 Å². The van der Waals surface area contributed by atoms with E-state index in [9.17, 15) is 4.79 Å². The SMILES string of the molecule is CCCOCCCc1cccnc1-c1cc(Cl)cc(C(N)=O)c1. The summed E-state index contributed by atoms with van der Waals surface area (Å²) in [7, 11) is 0. The van der Waals surface area contributed by atoms with Crippen molar-refractivity contribution < 1.29 is 9.53 Å². The molecule has 2 rings (SSSR count). The largest absolute Gasteiger partial charge is 0.381 e. The predicted molar refractivity (Wildman–Crippen MR) is 92.6 cm³/mol. The van der Waals surface area contributed by atoms with Crippen LogP contribution in [0.1, 0.15) is 35.7 Å². The van der Waals surface area contributed by atoms with Crippen molar-refractivity contribution in [3.63, 3.8) is 0 Å². The molecule has 1 amide bonds. The summed E-state index contributed by atoms with van der Waals surface area (Å²) in [5, 5.41) is 0.471. The molecule has 0 unspecified atom stereocenters. The molecular formula is C18H21ClN2O2. The van der Waals surface area contributed by atoms with Crippen LogP contribution < -0.4 is 5.73 Å². The summed E-state index contributed by atoms with van der Waals surface area (Å²) < 4.78 is 5.52. The fourth-order valence-corrected chi connectivity index (χ4v) is 2.62. The van der Waals surface area contributed by atoms with Crippen LogP contribution in [0.15, 0.2) is 36.5 Å². The molecule has 0 aliphatic carbocycles. The van der Waals surface area contributed by atoms with Crippen LogP contribution in [0.2, 0.25) is 5.02 Å². The van der Waals surface area contributed by atoms with Gasteiger partial charge < -0.3 is 10.5 Å². The maximum atomic E-state index is 11.4. The molecule has 0 atom stereocenters. The highest BCUT2D eigenvalue weighted by Gasteiger charge is 2.10. The Morgan fingerprint density at radius 1 is 1.30 bits per heavy atom. The Hall–Kier alpha value is -1.91. The lowest BCUT2D eigenvalue weighted by Crippen LogP contribution is -2.11. The molecule has 0 bridgehead atoms. The predicted octanol–water partition coefficient (Wildman–Crippen LogP) is 3.86. The number of rotatable bonds is 8. The second-order valence-electron chi connectivity index (χ2n) is 5.32. The Morgan fingerprint density at radius 2 is 2.13 bits per heavy atom. The molecule has 23 heavy (non-hydrogen) atoms. The van der Waals surface area contributed by atoms with Crippen LogP contribution in [0.3, 0.4) is 0 Å². The number of carbonyl (C=O) groups excluding carboxylic acids is 1. The first kappa shape index (κ1) is 17.4. The van der Waals surface area contributed by atoms with E-state index in [1.165, 1.54) is 0 Å². The first-order chi connectivity index (χ1) is 11.1. The summed E-state index contributed by atoms with van der Waals surface area (Å²) in [6, 6.07) is 9.04. The van der Waals surface area contributed by atoms with Crippen LogP contribution >= 0.6 is 11.6 Å². The fourth-order valence-electron chi connectivity index (χ4n) is 2.38. The zero-order valence-corrected chi connectivity index (χ0v) is 14.0. The molecular weight excluding hydrogens is 312 g/mol. The Kier molecular flexibility index (Phi) is 6.56. The van der Waals surface area contributed by atoms with Gasteiger partial charge in [-0.1, -0.05) is 24.6 Å². The van der Waals surface area contributed by atoms with Gasteiger partial charge in [-0.05, 0) is 49.1 Å². The van der Waals surface area contributed by atoms with Crippen molar-refractivity contribution in [2.24, 2.45) is 5.73 Å². The Balaban J connectivity index is 2.21. The Morgan fingerprint density at radius 3 is 2.87 bits per heavy atom. The molecule has 1 aromatic carbocycles. The molecule has 2 N–H and O–H groups in total. The van der Waals surface area contributed by atoms with E-state index in [0.29, 0.717) is 10.6 Å². The first-order valence-electron chi connectivity index (χ1n) is 7.74. The number of aromatic nitrogens is 1. The fraction of sp³-hybridized carbons (Fsp3) is 0.333. The maximum absolute atomic E-state index is 11.4. The minimum absolute atomic E-state index is 0.385. The third-order valence-corrected chi connectivity index (χ3v) is 3.65. The number of amides is 1. The maximum Gasteiger partial charge on any atom is 0.248 e. The number of hydrogen-bond donors (Lipinski definition) is 1. The standard InChI is InChI=1S/C18H21ClN2O2/c1-2-8-23-9-4-6-13-5-3-7-21-17(13)14-10-15(18(20)22)12-16(19)11-14/h3,5,7,10-12H,2,4,6,8-9H2,1H3,(H2,20,22). The lowest BCUT2D eigenvalue weighted by atomic mass is 10.0. The average molecular weight is 333 g/mol. The van der Waals surface area contributed by atoms with E-state index >= 15 is 0 Å². The third-order valence-electron chi connectivity index (χ3n) is 3.43. The van der Waals surface area contributed by atoms with Crippen molar-refractivity contribution in [1.29, 1.82) is 0 Å². The van der Waals surface area contributed by atoms with Crippen LogP contribution in [0, 0.1) is 0 Å². The highest BCUT2D eigenvalue weighted by Crippen LogP contribution is 2.26. The quantitative estimate of drug-likeness (QED) is 0.746. The number of ether oxygens (including phenoxy) is 1. The van der Waals surface area contributed by atoms with E-state index < -0.39 is 5.91 Å². The van der Waals surface area contributed by atoms with Gasteiger partial charge in [0.1, 0.15) is 0 Å². The smallest absolute Gasteiger partial charge is 0.248 e. The molecule has 4 nitrogen and oxygen atoms in total. The molecule has 2 aromatic rings. The summed E-state index contributed by atoms with van der Waals surface area (Å²) >= 11 is 6.10. The van der Waals surface area contributed by atoms with Crippen molar-refractivity contribution in [1.82, 2.24) is 4.98 Å². The number of nitrogens with two attached hydrogens (primary N) is 1. The number of nitrogens with zero attached hydrogens (tertiary/aromatic N) is 1. The molecule has 0 fully saturated rings. The zero-order valence-electron chi connectivity index (χ0n) is 13.2. The minimum atomic E-state index is -0.501. The van der Waals surface area contributed by atoms with E-state index in [-0.39, 0.29) is 0 Å². The number of carbonyl (C=O) groups is 1. The minimum Gasteiger partial charge on any atom is -0.381 e. The molecule has 1 heterocycles. The summed E-state index contributed by atoms with van der Waals surface area (Å²) in [5.74, 6) is -0.501. The molecule has 5 heteroatoms. The van der Waals surface area contributed by atoms with Crippen LogP contribution in [-0.4, -0.2) is 24.1 Å². The second-order valence-corrected chi connectivity index (χ2v) is 5.76. The Bertz CT molecular complexity index is 674. The van der Waals surface area contributed by atoms with E-state index in [1.807, 2.05) is 12.1 Å². The summed E-state index contributed by atoms with van der Waals surface area (Å²) in [6.45, 7) is 3.61. The molecule has 1 aromatic heterocycles.